The van der Waals surface area contributed by atoms with E-state index in [2.05, 4.69) is 18.7 Å². The summed E-state index contributed by atoms with van der Waals surface area (Å²) in [6.45, 7) is 1.16. The van der Waals surface area contributed by atoms with E-state index in [1.54, 1.807) is 0 Å². The van der Waals surface area contributed by atoms with Gasteiger partial charge in [0.2, 0.25) is 5.91 Å². The van der Waals surface area contributed by atoms with Gasteiger partial charge in [-0.2, -0.15) is 4.31 Å². The van der Waals surface area contributed by atoms with Crippen LogP contribution in [0.5, 0.6) is 0 Å². The highest BCUT2D eigenvalue weighted by molar-refractivity contribution is 7.61. The molecule has 21 heteroatoms. The van der Waals surface area contributed by atoms with Crippen molar-refractivity contribution < 1.29 is 66.7 Å². The zero-order valence-corrected chi connectivity index (χ0v) is 21.3. The van der Waals surface area contributed by atoms with E-state index in [1.165, 1.54) is 6.92 Å². The molecule has 38 heavy (non-hydrogen) atoms. The number of amides is 1. The first kappa shape index (κ1) is 30.4. The summed E-state index contributed by atoms with van der Waals surface area (Å²) >= 11 is 0. The standard InChI is InChI=1S/C17H25N3O16P2/c1-6-11(23)13(25)10(18-7(2)21)16(33-6)35-38(30,31)36-37(28,29)32-5-8-12(24)14(26)15(34-8)20-4-3-9(22)19-17(20)27/h3-4,6,8,10,12-16,24-26H,5H2,1-2H3,(H,18,21)(H,28,29)(H,30,31)(H,19,22,27)/t6-,8-,10-,12-,13-,14-,15-,16-/m1/s1. The van der Waals surface area contributed by atoms with Gasteiger partial charge in [-0.1, -0.05) is 0 Å². The molecule has 7 N–H and O–H groups in total. The van der Waals surface area contributed by atoms with Gasteiger partial charge >= 0.3 is 21.3 Å². The maximum Gasteiger partial charge on any atom is 0.483 e. The molecule has 2 unspecified atom stereocenters. The second-order valence-electron chi connectivity index (χ2n) is 8.20. The zero-order valence-electron chi connectivity index (χ0n) is 19.5. The SMILES string of the molecule is CC(=O)N[C@H]1[C@@H](OP(=O)(O)OP(=O)(O)OC[C@H]2O[C@@H](n3ccc(=O)[nH]c3=O)[C@H](O)[C@@H]2O)O[C@H](C)C(=O)[C@@H]1O. The molecule has 10 atom stereocenters. The van der Waals surface area contributed by atoms with Crippen LogP contribution in [0.1, 0.15) is 20.1 Å². The fourth-order valence-corrected chi connectivity index (χ4v) is 5.75. The Labute approximate surface area is 212 Å². The Morgan fingerprint density at radius 3 is 2.39 bits per heavy atom. The Kier molecular flexibility index (Phi) is 9.25. The lowest BCUT2D eigenvalue weighted by Gasteiger charge is -2.37. The molecule has 3 heterocycles. The number of aliphatic hydroxyl groups is 3. The normalized spacial score (nSPS) is 34.9. The molecule has 0 spiro atoms. The minimum atomic E-state index is -5.56. The van der Waals surface area contributed by atoms with E-state index in [-0.39, 0.29) is 0 Å². The lowest BCUT2D eigenvalue weighted by molar-refractivity contribution is -0.197. The number of aromatic nitrogens is 2. The van der Waals surface area contributed by atoms with Crippen LogP contribution in [0.15, 0.2) is 21.9 Å². The number of aromatic amines is 1. The van der Waals surface area contributed by atoms with Crippen molar-refractivity contribution >= 4 is 27.3 Å². The van der Waals surface area contributed by atoms with Gasteiger partial charge in [-0.15, -0.1) is 0 Å². The van der Waals surface area contributed by atoms with Gasteiger partial charge in [0.15, 0.2) is 18.3 Å². The molecule has 3 rings (SSSR count). The van der Waals surface area contributed by atoms with Crippen LogP contribution in [-0.2, 0) is 41.6 Å². The fourth-order valence-electron chi connectivity index (χ4n) is 3.59. The number of hydrogen-bond donors (Lipinski definition) is 7. The molecule has 0 bridgehead atoms. The highest BCUT2D eigenvalue weighted by Gasteiger charge is 2.49. The summed E-state index contributed by atoms with van der Waals surface area (Å²) in [5.41, 5.74) is -1.74. The molecule has 0 aliphatic carbocycles. The Bertz CT molecular complexity index is 1270. The van der Waals surface area contributed by atoms with E-state index < -0.39 is 94.3 Å². The second kappa shape index (κ2) is 11.5. The zero-order chi connectivity index (χ0) is 28.6. The molecular formula is C17H25N3O16P2. The van der Waals surface area contributed by atoms with Crippen molar-refractivity contribution in [3.8, 4) is 0 Å². The summed E-state index contributed by atoms with van der Waals surface area (Å²) in [5.74, 6) is -1.66. The van der Waals surface area contributed by atoms with Crippen LogP contribution in [0.25, 0.3) is 0 Å². The predicted octanol–water partition coefficient (Wildman–Crippen LogP) is -3.41. The molecule has 2 saturated heterocycles. The van der Waals surface area contributed by atoms with Crippen LogP contribution < -0.4 is 16.6 Å². The van der Waals surface area contributed by atoms with Gasteiger partial charge in [0, 0.05) is 19.2 Å². The second-order valence-corrected chi connectivity index (χ2v) is 11.2. The van der Waals surface area contributed by atoms with Crippen LogP contribution in [0.2, 0.25) is 0 Å². The molecular weight excluding hydrogens is 564 g/mol. The van der Waals surface area contributed by atoms with E-state index in [0.29, 0.717) is 0 Å². The molecule has 1 aromatic rings. The molecule has 2 aliphatic heterocycles. The van der Waals surface area contributed by atoms with Gasteiger partial charge < -0.3 is 39.9 Å². The summed E-state index contributed by atoms with van der Waals surface area (Å²) in [5, 5.41) is 32.5. The van der Waals surface area contributed by atoms with Gasteiger partial charge in [0.25, 0.3) is 5.56 Å². The number of phosphoric acid groups is 2. The first-order valence-corrected chi connectivity index (χ1v) is 13.7. The minimum Gasteiger partial charge on any atom is -0.387 e. The molecule has 214 valence electrons. The number of phosphoric ester groups is 2. The fraction of sp³-hybridized carbons (Fsp3) is 0.647. The van der Waals surface area contributed by atoms with E-state index in [1.807, 2.05) is 4.98 Å². The van der Waals surface area contributed by atoms with Crippen molar-refractivity contribution in [1.82, 2.24) is 14.9 Å². The van der Waals surface area contributed by atoms with Crippen molar-refractivity contribution in [1.29, 1.82) is 0 Å². The largest absolute Gasteiger partial charge is 0.483 e. The molecule has 2 aliphatic rings. The van der Waals surface area contributed by atoms with Gasteiger partial charge in [0.05, 0.1) is 6.61 Å². The third-order valence-corrected chi connectivity index (χ3v) is 7.94. The lowest BCUT2D eigenvalue weighted by Crippen LogP contribution is -2.61. The Morgan fingerprint density at radius 1 is 1.13 bits per heavy atom. The number of nitrogens with zero attached hydrogens (tertiary/aromatic N) is 1. The van der Waals surface area contributed by atoms with E-state index in [9.17, 15) is 53.4 Å². The summed E-state index contributed by atoms with van der Waals surface area (Å²) in [4.78, 5) is 68.2. The number of Topliss-reactive ketones (excluding diaryl/α,β-unsaturated/α-hetero) is 1. The number of ether oxygens (including phenoxy) is 2. The molecule has 1 amide bonds. The maximum atomic E-state index is 12.4. The summed E-state index contributed by atoms with van der Waals surface area (Å²) in [6, 6.07) is -0.749. The molecule has 0 radical (unpaired) electrons. The van der Waals surface area contributed by atoms with E-state index in [4.69, 9.17) is 9.47 Å². The first-order valence-electron chi connectivity index (χ1n) is 10.7. The highest BCUT2D eigenvalue weighted by Crippen LogP contribution is 2.61. The molecule has 19 nitrogen and oxygen atoms in total. The number of carbonyl (C=O) groups is 2. The monoisotopic (exact) mass is 589 g/mol. The average Bonchev–Trinajstić information content (AvgIpc) is 3.06. The van der Waals surface area contributed by atoms with Crippen molar-refractivity contribution in [3.05, 3.63) is 33.1 Å². The minimum absolute atomic E-state index is 0.732. The average molecular weight is 589 g/mol. The Balaban J connectivity index is 1.65. The van der Waals surface area contributed by atoms with Crippen LogP contribution in [0.3, 0.4) is 0 Å². The summed E-state index contributed by atoms with van der Waals surface area (Å²) < 4.78 is 49.1. The third kappa shape index (κ3) is 7.09. The van der Waals surface area contributed by atoms with Crippen LogP contribution in [-0.4, -0.2) is 95.8 Å². The quantitative estimate of drug-likeness (QED) is 0.138. The molecule has 2 fully saturated rings. The van der Waals surface area contributed by atoms with Crippen LogP contribution in [0, 0.1) is 0 Å². The number of rotatable bonds is 9. The van der Waals surface area contributed by atoms with Crippen molar-refractivity contribution in [2.24, 2.45) is 0 Å². The number of H-pyrrole nitrogens is 1. The summed E-state index contributed by atoms with van der Waals surface area (Å²) in [6.07, 6.45) is -10.9. The number of ketones is 1. The number of carbonyl (C=O) groups excluding carboxylic acids is 2. The van der Waals surface area contributed by atoms with Gasteiger partial charge in [-0.05, 0) is 6.92 Å². The topological polar surface area (TPSA) is 282 Å². The van der Waals surface area contributed by atoms with Crippen molar-refractivity contribution in [3.63, 3.8) is 0 Å². The Hall–Kier alpha value is -2.12. The number of hydrogen-bond acceptors (Lipinski definition) is 14. The molecule has 0 aromatic carbocycles. The summed E-state index contributed by atoms with van der Waals surface area (Å²) in [7, 11) is -11.0. The molecule has 1 aromatic heterocycles. The maximum absolute atomic E-state index is 12.4. The predicted molar refractivity (Wildman–Crippen MR) is 118 cm³/mol. The van der Waals surface area contributed by atoms with Crippen LogP contribution in [0.4, 0.5) is 0 Å². The van der Waals surface area contributed by atoms with Gasteiger partial charge in [-0.25, -0.2) is 13.9 Å². The van der Waals surface area contributed by atoms with Gasteiger partial charge in [0.1, 0.15) is 36.6 Å². The smallest absolute Gasteiger partial charge is 0.387 e. The van der Waals surface area contributed by atoms with Gasteiger partial charge in [-0.3, -0.25) is 33.0 Å². The van der Waals surface area contributed by atoms with Crippen molar-refractivity contribution in [2.75, 3.05) is 6.61 Å². The number of aliphatic hydroxyl groups excluding tert-OH is 3. The molecule has 0 saturated carbocycles. The third-order valence-electron chi connectivity index (χ3n) is 5.34. The highest BCUT2D eigenvalue weighted by atomic mass is 31.3. The van der Waals surface area contributed by atoms with Crippen molar-refractivity contribution in [2.45, 2.75) is 62.9 Å². The van der Waals surface area contributed by atoms with E-state index in [0.717, 1.165) is 23.8 Å². The lowest BCUT2D eigenvalue weighted by atomic mass is 9.99. The Morgan fingerprint density at radius 2 is 1.79 bits per heavy atom. The number of nitrogens with one attached hydrogen (secondary N) is 2. The van der Waals surface area contributed by atoms with Crippen LogP contribution >= 0.6 is 15.6 Å². The van der Waals surface area contributed by atoms with E-state index >= 15 is 0 Å². The first-order chi connectivity index (χ1) is 17.5.